The van der Waals surface area contributed by atoms with Gasteiger partial charge in [0.1, 0.15) is 0 Å². The number of anilines is 3. The van der Waals surface area contributed by atoms with Crippen LogP contribution in [0.15, 0.2) is 48.5 Å². The first-order valence-corrected chi connectivity index (χ1v) is 7.27. The average Bonchev–Trinajstić information content (AvgIpc) is 2.48. The average molecular weight is 349 g/mol. The molecule has 0 unspecified atom stereocenters. The van der Waals surface area contributed by atoms with Gasteiger partial charge < -0.3 is 15.7 Å². The van der Waals surface area contributed by atoms with Gasteiger partial charge in [0.25, 0.3) is 0 Å². The predicted molar refractivity (Wildman–Crippen MR) is 85.5 cm³/mol. The number of benzene rings is 2. The summed E-state index contributed by atoms with van der Waals surface area (Å²) in [6, 6.07) is 13.7. The second-order valence-electron chi connectivity index (χ2n) is 4.24. The van der Waals surface area contributed by atoms with E-state index in [0.29, 0.717) is 17.1 Å². The molecule has 0 atom stereocenters. The van der Waals surface area contributed by atoms with Gasteiger partial charge in [0.2, 0.25) is 5.91 Å². The Kier molecular flexibility index (Phi) is 4.94. The Morgan fingerprint density at radius 2 is 1.76 bits per heavy atom. The predicted octanol–water partition coefficient (Wildman–Crippen LogP) is 3.46. The van der Waals surface area contributed by atoms with Gasteiger partial charge in [-0.2, -0.15) is 0 Å². The molecule has 3 N–H and O–H groups in total. The molecule has 2 rings (SSSR count). The number of carbonyl (C=O) groups is 2. The molecule has 0 aromatic heterocycles. The Balaban J connectivity index is 2.22. The number of halogens is 1. The van der Waals surface area contributed by atoms with E-state index < -0.39 is 5.97 Å². The maximum absolute atomic E-state index is 11.3. The van der Waals surface area contributed by atoms with Gasteiger partial charge in [0.05, 0.1) is 16.6 Å². The van der Waals surface area contributed by atoms with Crippen LogP contribution in [-0.2, 0) is 4.79 Å². The molecule has 1 amide bonds. The lowest BCUT2D eigenvalue weighted by Gasteiger charge is -2.11. The number of para-hydroxylation sites is 1. The zero-order valence-corrected chi connectivity index (χ0v) is 12.6. The largest absolute Gasteiger partial charge is 0.478 e. The van der Waals surface area contributed by atoms with Crippen LogP contribution in [-0.4, -0.2) is 22.3 Å². The summed E-state index contributed by atoms with van der Waals surface area (Å²) in [4.78, 5) is 22.5. The fourth-order valence-electron chi connectivity index (χ4n) is 1.80. The highest BCUT2D eigenvalue weighted by Gasteiger charge is 2.09. The molecule has 0 spiro atoms. The number of alkyl halides is 1. The summed E-state index contributed by atoms with van der Waals surface area (Å²) < 4.78 is 0. The number of nitrogens with one attached hydrogen (secondary N) is 2. The Labute approximate surface area is 130 Å². The van der Waals surface area contributed by atoms with Crippen molar-refractivity contribution in [1.29, 1.82) is 0 Å². The molecule has 6 heteroatoms. The Morgan fingerprint density at radius 1 is 1.05 bits per heavy atom. The van der Waals surface area contributed by atoms with Crippen molar-refractivity contribution >= 4 is 44.9 Å². The molecule has 0 saturated heterocycles. The number of amides is 1. The van der Waals surface area contributed by atoms with E-state index in [-0.39, 0.29) is 16.8 Å². The molecule has 2 aromatic carbocycles. The van der Waals surface area contributed by atoms with Gasteiger partial charge in [-0.25, -0.2) is 4.79 Å². The molecule has 2 aromatic rings. The van der Waals surface area contributed by atoms with Gasteiger partial charge >= 0.3 is 5.97 Å². The minimum atomic E-state index is -0.998. The molecule has 0 fully saturated rings. The summed E-state index contributed by atoms with van der Waals surface area (Å²) in [5.74, 6) is -1.15. The third kappa shape index (κ3) is 4.06. The fourth-order valence-corrected chi connectivity index (χ4v) is 1.94. The normalized spacial score (nSPS) is 9.95. The fraction of sp³-hybridized carbons (Fsp3) is 0.0667. The van der Waals surface area contributed by atoms with E-state index in [2.05, 4.69) is 26.6 Å². The van der Waals surface area contributed by atoms with E-state index in [0.717, 1.165) is 0 Å². The van der Waals surface area contributed by atoms with Gasteiger partial charge in [-0.05, 0) is 30.3 Å². The van der Waals surface area contributed by atoms with E-state index in [1.165, 1.54) is 6.07 Å². The molecule has 108 valence electrons. The topological polar surface area (TPSA) is 78.4 Å². The molecule has 0 radical (unpaired) electrons. The van der Waals surface area contributed by atoms with Gasteiger partial charge in [-0.15, -0.1) is 0 Å². The van der Waals surface area contributed by atoms with Crippen molar-refractivity contribution in [2.45, 2.75) is 0 Å². The summed E-state index contributed by atoms with van der Waals surface area (Å²) in [5.41, 5.74) is 2.01. The Bertz CT molecular complexity index is 673. The van der Waals surface area contributed by atoms with Gasteiger partial charge in [-0.3, -0.25) is 4.79 Å². The van der Waals surface area contributed by atoms with Crippen LogP contribution in [0.5, 0.6) is 0 Å². The van der Waals surface area contributed by atoms with Crippen molar-refractivity contribution in [3.63, 3.8) is 0 Å². The molecule has 0 bridgehead atoms. The maximum Gasteiger partial charge on any atom is 0.337 e. The highest BCUT2D eigenvalue weighted by molar-refractivity contribution is 9.09. The van der Waals surface area contributed by atoms with Crippen LogP contribution >= 0.6 is 15.9 Å². The van der Waals surface area contributed by atoms with Gasteiger partial charge in [0, 0.05) is 11.4 Å². The van der Waals surface area contributed by atoms with E-state index >= 15 is 0 Å². The van der Waals surface area contributed by atoms with Crippen molar-refractivity contribution in [2.24, 2.45) is 0 Å². The minimum absolute atomic E-state index is 0.155. The molecule has 0 aliphatic heterocycles. The maximum atomic E-state index is 11.3. The number of carbonyl (C=O) groups excluding carboxylic acids is 1. The highest BCUT2D eigenvalue weighted by Crippen LogP contribution is 2.23. The molecule has 0 heterocycles. The number of carboxylic acid groups (broad SMARTS) is 1. The smallest absolute Gasteiger partial charge is 0.337 e. The van der Waals surface area contributed by atoms with Gasteiger partial charge in [-0.1, -0.05) is 34.1 Å². The summed E-state index contributed by atoms with van der Waals surface area (Å²) in [7, 11) is 0. The summed E-state index contributed by atoms with van der Waals surface area (Å²) in [6.45, 7) is 0. The molecule has 0 aliphatic carbocycles. The van der Waals surface area contributed by atoms with Crippen molar-refractivity contribution in [3.8, 4) is 0 Å². The molecule has 21 heavy (non-hydrogen) atoms. The van der Waals surface area contributed by atoms with Crippen LogP contribution < -0.4 is 10.6 Å². The second-order valence-corrected chi connectivity index (χ2v) is 4.80. The SMILES string of the molecule is O=C(CBr)Nc1cccc(Nc2ccccc2C(=O)O)c1. The lowest BCUT2D eigenvalue weighted by atomic mass is 10.1. The lowest BCUT2D eigenvalue weighted by Crippen LogP contribution is -2.12. The van der Waals surface area contributed by atoms with E-state index in [1.54, 1.807) is 42.5 Å². The van der Waals surface area contributed by atoms with Crippen LogP contribution in [0.3, 0.4) is 0 Å². The van der Waals surface area contributed by atoms with Crippen LogP contribution in [0.4, 0.5) is 17.1 Å². The molecular formula is C15H13BrN2O3. The van der Waals surface area contributed by atoms with E-state index in [9.17, 15) is 9.59 Å². The van der Waals surface area contributed by atoms with E-state index in [1.807, 2.05) is 0 Å². The third-order valence-corrected chi connectivity index (χ3v) is 3.21. The monoisotopic (exact) mass is 348 g/mol. The zero-order chi connectivity index (χ0) is 15.2. The Hall–Kier alpha value is -2.34. The lowest BCUT2D eigenvalue weighted by molar-refractivity contribution is -0.113. The van der Waals surface area contributed by atoms with E-state index in [4.69, 9.17) is 5.11 Å². The number of aromatic carboxylic acids is 1. The first-order valence-electron chi connectivity index (χ1n) is 6.15. The van der Waals surface area contributed by atoms with Crippen molar-refractivity contribution in [1.82, 2.24) is 0 Å². The van der Waals surface area contributed by atoms with Crippen LogP contribution in [0.1, 0.15) is 10.4 Å². The first kappa shape index (κ1) is 15.1. The molecular weight excluding hydrogens is 336 g/mol. The number of carboxylic acids is 1. The standard InChI is InChI=1S/C15H13BrN2O3/c16-9-14(19)18-11-5-3-4-10(8-11)17-13-7-2-1-6-12(13)15(20)21/h1-8,17H,9H2,(H,18,19)(H,20,21). The summed E-state index contributed by atoms with van der Waals surface area (Å²) in [5, 5.41) is 15.1. The summed E-state index contributed by atoms with van der Waals surface area (Å²) in [6.07, 6.45) is 0. The Morgan fingerprint density at radius 3 is 2.48 bits per heavy atom. The van der Waals surface area contributed by atoms with Crippen LogP contribution in [0, 0.1) is 0 Å². The minimum Gasteiger partial charge on any atom is -0.478 e. The third-order valence-electron chi connectivity index (χ3n) is 2.70. The molecule has 0 saturated carbocycles. The second kappa shape index (κ2) is 6.90. The highest BCUT2D eigenvalue weighted by atomic mass is 79.9. The number of rotatable bonds is 5. The van der Waals surface area contributed by atoms with Gasteiger partial charge in [0.15, 0.2) is 0 Å². The zero-order valence-electron chi connectivity index (χ0n) is 11.0. The number of hydrogen-bond donors (Lipinski definition) is 3. The number of hydrogen-bond acceptors (Lipinski definition) is 3. The van der Waals surface area contributed by atoms with Crippen LogP contribution in [0.2, 0.25) is 0 Å². The quantitative estimate of drug-likeness (QED) is 0.723. The molecule has 5 nitrogen and oxygen atoms in total. The van der Waals surface area contributed by atoms with Crippen molar-refractivity contribution < 1.29 is 14.7 Å². The first-order chi connectivity index (χ1) is 10.1. The van der Waals surface area contributed by atoms with Crippen molar-refractivity contribution in [3.05, 3.63) is 54.1 Å². The van der Waals surface area contributed by atoms with Crippen LogP contribution in [0.25, 0.3) is 0 Å². The summed E-state index contributed by atoms with van der Waals surface area (Å²) >= 11 is 3.08. The molecule has 0 aliphatic rings. The van der Waals surface area contributed by atoms with Crippen molar-refractivity contribution in [2.75, 3.05) is 16.0 Å².